The molecule has 0 aliphatic rings. The van der Waals surface area contributed by atoms with Gasteiger partial charge in [-0.05, 0) is 25.1 Å². The van der Waals surface area contributed by atoms with Crippen LogP contribution in [0.2, 0.25) is 5.02 Å². The highest BCUT2D eigenvalue weighted by Crippen LogP contribution is 2.25. The molecule has 1 amide bonds. The van der Waals surface area contributed by atoms with E-state index < -0.39 is 6.61 Å². The Morgan fingerprint density at radius 3 is 2.58 bits per heavy atom. The molecule has 1 aromatic rings. The Hall–Kier alpha value is -2.35. The highest BCUT2D eigenvalue weighted by molar-refractivity contribution is 6.30. The van der Waals surface area contributed by atoms with Crippen LogP contribution in [0, 0.1) is 0 Å². The van der Waals surface area contributed by atoms with Crippen LogP contribution in [0.5, 0.6) is 5.75 Å². The molecule has 0 bridgehead atoms. The fraction of sp³-hybridized carbons (Fsp3) is 0.412. The molecule has 26 heavy (non-hydrogen) atoms. The summed E-state index contributed by atoms with van der Waals surface area (Å²) >= 11 is 5.92. The first-order valence-electron chi connectivity index (χ1n) is 7.79. The van der Waals surface area contributed by atoms with E-state index in [1.807, 2.05) is 6.92 Å². The number of hydrogen-bond acceptors (Lipinski definition) is 3. The molecular weight excluding hydrogens is 366 g/mol. The molecule has 0 atom stereocenters. The lowest BCUT2D eigenvalue weighted by atomic mass is 10.2. The summed E-state index contributed by atoms with van der Waals surface area (Å²) in [6, 6.07) is 4.33. The molecular formula is C17H23ClF2N4O2. The fourth-order valence-electron chi connectivity index (χ4n) is 1.77. The Balaban J connectivity index is 2.92. The minimum atomic E-state index is -2.95. The topological polar surface area (TPSA) is 66.0 Å². The number of ether oxygens (including phenoxy) is 1. The molecule has 2 N–H and O–H groups in total. The van der Waals surface area contributed by atoms with E-state index in [4.69, 9.17) is 11.6 Å². The van der Waals surface area contributed by atoms with Gasteiger partial charge in [0.25, 0.3) is 0 Å². The summed E-state index contributed by atoms with van der Waals surface area (Å²) < 4.78 is 29.5. The standard InChI is InChI=1S/C17H23ClF2N4O2/c1-11(2)8-21-17(23-10-15(25)24(3)4)22-9-12-7-13(18)5-6-14(12)26-16(19)20/h5-7,16H,1,8-10H2,2-4H3,(H2,21,22,23). The van der Waals surface area contributed by atoms with E-state index in [1.54, 1.807) is 14.1 Å². The van der Waals surface area contributed by atoms with Crippen molar-refractivity contribution < 1.29 is 18.3 Å². The van der Waals surface area contributed by atoms with Crippen molar-refractivity contribution in [3.8, 4) is 5.75 Å². The summed E-state index contributed by atoms with van der Waals surface area (Å²) in [5.74, 6) is 0.197. The number of amides is 1. The normalized spacial score (nSPS) is 11.3. The number of nitrogens with zero attached hydrogens (tertiary/aromatic N) is 2. The van der Waals surface area contributed by atoms with Gasteiger partial charge in [-0.15, -0.1) is 0 Å². The van der Waals surface area contributed by atoms with Gasteiger partial charge in [0.15, 0.2) is 5.96 Å². The molecule has 0 radical (unpaired) electrons. The van der Waals surface area contributed by atoms with E-state index in [0.29, 0.717) is 23.1 Å². The van der Waals surface area contributed by atoms with Gasteiger partial charge in [-0.3, -0.25) is 4.79 Å². The molecule has 0 saturated carbocycles. The predicted octanol–water partition coefficient (Wildman–Crippen LogP) is 2.64. The van der Waals surface area contributed by atoms with Crippen molar-refractivity contribution in [3.63, 3.8) is 0 Å². The van der Waals surface area contributed by atoms with Crippen molar-refractivity contribution in [2.75, 3.05) is 27.2 Å². The van der Waals surface area contributed by atoms with Crippen molar-refractivity contribution >= 4 is 23.5 Å². The zero-order valence-corrected chi connectivity index (χ0v) is 15.7. The number of guanidine groups is 1. The van der Waals surface area contributed by atoms with Gasteiger partial charge in [-0.25, -0.2) is 4.99 Å². The summed E-state index contributed by atoms with van der Waals surface area (Å²) in [7, 11) is 3.28. The molecule has 9 heteroatoms. The molecule has 0 spiro atoms. The van der Waals surface area contributed by atoms with E-state index >= 15 is 0 Å². The molecule has 0 saturated heterocycles. The number of carbonyl (C=O) groups is 1. The first-order chi connectivity index (χ1) is 12.2. The molecule has 0 unspecified atom stereocenters. The van der Waals surface area contributed by atoms with E-state index in [-0.39, 0.29) is 24.7 Å². The van der Waals surface area contributed by atoms with Crippen LogP contribution in [0.3, 0.4) is 0 Å². The number of halogens is 3. The smallest absolute Gasteiger partial charge is 0.387 e. The molecule has 144 valence electrons. The first kappa shape index (κ1) is 21.7. The third-order valence-electron chi connectivity index (χ3n) is 3.11. The molecule has 0 aliphatic carbocycles. The van der Waals surface area contributed by atoms with Crippen LogP contribution in [0.15, 0.2) is 35.3 Å². The van der Waals surface area contributed by atoms with E-state index in [2.05, 4.69) is 26.9 Å². The fourth-order valence-corrected chi connectivity index (χ4v) is 1.97. The SMILES string of the molecule is C=C(C)CNC(=NCc1cc(Cl)ccc1OC(F)F)NCC(=O)N(C)C. The summed E-state index contributed by atoms with van der Waals surface area (Å²) in [5.41, 5.74) is 1.26. The van der Waals surface area contributed by atoms with Gasteiger partial charge in [-0.1, -0.05) is 23.8 Å². The van der Waals surface area contributed by atoms with Gasteiger partial charge in [0.05, 0.1) is 13.1 Å². The van der Waals surface area contributed by atoms with Crippen LogP contribution in [0.1, 0.15) is 12.5 Å². The quantitative estimate of drug-likeness (QED) is 0.408. The van der Waals surface area contributed by atoms with Gasteiger partial charge >= 0.3 is 6.61 Å². The third kappa shape index (κ3) is 8.15. The zero-order chi connectivity index (χ0) is 19.7. The van der Waals surface area contributed by atoms with Gasteiger partial charge in [-0.2, -0.15) is 8.78 Å². The molecule has 1 aromatic carbocycles. The van der Waals surface area contributed by atoms with Crippen molar-refractivity contribution in [2.45, 2.75) is 20.1 Å². The average Bonchev–Trinajstić information content (AvgIpc) is 2.55. The predicted molar refractivity (Wildman–Crippen MR) is 98.7 cm³/mol. The van der Waals surface area contributed by atoms with Gasteiger partial charge < -0.3 is 20.3 Å². The number of alkyl halides is 2. The number of carbonyl (C=O) groups excluding carboxylic acids is 1. The van der Waals surface area contributed by atoms with Crippen LogP contribution < -0.4 is 15.4 Å². The number of likely N-dealkylation sites (N-methyl/N-ethyl adjacent to an activating group) is 1. The maximum Gasteiger partial charge on any atom is 0.387 e. The minimum absolute atomic E-state index is 0.00299. The first-order valence-corrected chi connectivity index (χ1v) is 8.16. The molecule has 0 heterocycles. The number of aliphatic imine (C=N–C) groups is 1. The maximum absolute atomic E-state index is 12.5. The Labute approximate surface area is 156 Å². The van der Waals surface area contributed by atoms with Crippen molar-refractivity contribution in [3.05, 3.63) is 40.9 Å². The summed E-state index contributed by atoms with van der Waals surface area (Å²) in [6.07, 6.45) is 0. The number of rotatable bonds is 8. The summed E-state index contributed by atoms with van der Waals surface area (Å²) in [4.78, 5) is 17.5. The van der Waals surface area contributed by atoms with Gasteiger partial charge in [0.1, 0.15) is 5.75 Å². The third-order valence-corrected chi connectivity index (χ3v) is 3.34. The number of nitrogens with one attached hydrogen (secondary N) is 2. The molecule has 0 aromatic heterocycles. The van der Waals surface area contributed by atoms with E-state index in [0.717, 1.165) is 5.57 Å². The summed E-state index contributed by atoms with van der Waals surface area (Å²) in [5, 5.41) is 6.27. The Morgan fingerprint density at radius 1 is 1.35 bits per heavy atom. The van der Waals surface area contributed by atoms with Crippen LogP contribution in [0.25, 0.3) is 0 Å². The highest BCUT2D eigenvalue weighted by Gasteiger charge is 2.11. The van der Waals surface area contributed by atoms with E-state index in [9.17, 15) is 13.6 Å². The number of benzene rings is 1. The summed E-state index contributed by atoms with van der Waals surface area (Å²) in [6.45, 7) is 3.18. The Morgan fingerprint density at radius 2 is 2.00 bits per heavy atom. The molecule has 0 aliphatic heterocycles. The van der Waals surface area contributed by atoms with Crippen molar-refractivity contribution in [1.29, 1.82) is 0 Å². The largest absolute Gasteiger partial charge is 0.434 e. The van der Waals surface area contributed by atoms with Gasteiger partial charge in [0.2, 0.25) is 5.91 Å². The zero-order valence-electron chi connectivity index (χ0n) is 15.0. The number of hydrogen-bond donors (Lipinski definition) is 2. The van der Waals surface area contributed by atoms with Gasteiger partial charge in [0, 0.05) is 31.2 Å². The van der Waals surface area contributed by atoms with Crippen LogP contribution >= 0.6 is 11.6 Å². The van der Waals surface area contributed by atoms with Crippen LogP contribution in [0.4, 0.5) is 8.78 Å². The molecule has 1 rings (SSSR count). The van der Waals surface area contributed by atoms with Crippen molar-refractivity contribution in [1.82, 2.24) is 15.5 Å². The molecule has 6 nitrogen and oxygen atoms in total. The Bertz CT molecular complexity index is 666. The maximum atomic E-state index is 12.5. The second-order valence-electron chi connectivity index (χ2n) is 5.75. The minimum Gasteiger partial charge on any atom is -0.434 e. The van der Waals surface area contributed by atoms with Crippen LogP contribution in [-0.2, 0) is 11.3 Å². The molecule has 0 fully saturated rings. The highest BCUT2D eigenvalue weighted by atomic mass is 35.5. The van der Waals surface area contributed by atoms with E-state index in [1.165, 1.54) is 23.1 Å². The van der Waals surface area contributed by atoms with Crippen LogP contribution in [-0.4, -0.2) is 50.6 Å². The lowest BCUT2D eigenvalue weighted by molar-refractivity contribution is -0.127. The second-order valence-corrected chi connectivity index (χ2v) is 6.18. The monoisotopic (exact) mass is 388 g/mol. The lowest BCUT2D eigenvalue weighted by Gasteiger charge is -2.15. The average molecular weight is 389 g/mol. The second kappa shape index (κ2) is 10.6. The lowest BCUT2D eigenvalue weighted by Crippen LogP contribution is -2.43. The Kier molecular flexibility index (Phi) is 8.84. The van der Waals surface area contributed by atoms with Crippen molar-refractivity contribution in [2.24, 2.45) is 4.99 Å².